The van der Waals surface area contributed by atoms with E-state index in [0.717, 1.165) is 45.0 Å². The molecule has 27 heavy (non-hydrogen) atoms. The van der Waals surface area contributed by atoms with E-state index in [0.29, 0.717) is 25.7 Å². The Morgan fingerprint density at radius 3 is 2.26 bits per heavy atom. The number of piperazine rings is 1. The van der Waals surface area contributed by atoms with Gasteiger partial charge >= 0.3 is 0 Å². The molecule has 0 atom stereocenters. The average molecular weight is 494 g/mol. The molecule has 1 aliphatic carbocycles. The SMILES string of the molecule is CCNC(=O)C(C)(C)CNC(=NC)N1CCN(CC(=O)NC2CC2)CC1.I. The Hall–Kier alpha value is -1.10. The molecule has 0 radical (unpaired) electrons. The van der Waals surface area contributed by atoms with Crippen molar-refractivity contribution in [3.63, 3.8) is 0 Å². The van der Waals surface area contributed by atoms with E-state index in [9.17, 15) is 9.59 Å². The number of guanidine groups is 1. The van der Waals surface area contributed by atoms with Crippen LogP contribution in [0.4, 0.5) is 0 Å². The minimum absolute atomic E-state index is 0. The zero-order chi connectivity index (χ0) is 19.2. The van der Waals surface area contributed by atoms with Gasteiger partial charge in [-0.2, -0.15) is 0 Å². The highest BCUT2D eigenvalue weighted by atomic mass is 127. The second-order valence-corrected chi connectivity index (χ2v) is 7.75. The fourth-order valence-corrected chi connectivity index (χ4v) is 2.93. The van der Waals surface area contributed by atoms with E-state index in [1.807, 2.05) is 20.8 Å². The third-order valence-corrected chi connectivity index (χ3v) is 4.83. The summed E-state index contributed by atoms with van der Waals surface area (Å²) >= 11 is 0. The molecular formula is C18H35IN6O2. The van der Waals surface area contributed by atoms with Crippen LogP contribution in [-0.2, 0) is 9.59 Å². The topological polar surface area (TPSA) is 89.1 Å². The first kappa shape index (κ1) is 23.9. The molecule has 0 bridgehead atoms. The molecule has 0 aromatic carbocycles. The highest BCUT2D eigenvalue weighted by Gasteiger charge is 2.29. The number of carbonyl (C=O) groups is 2. The van der Waals surface area contributed by atoms with Gasteiger partial charge in [0.25, 0.3) is 0 Å². The Morgan fingerprint density at radius 2 is 1.74 bits per heavy atom. The predicted molar refractivity (Wildman–Crippen MR) is 118 cm³/mol. The molecule has 9 heteroatoms. The fraction of sp³-hybridized carbons (Fsp3) is 0.833. The molecule has 1 heterocycles. The Labute approximate surface area is 179 Å². The number of rotatable bonds is 7. The number of aliphatic imine (C=N–C) groups is 1. The molecule has 0 aromatic heterocycles. The van der Waals surface area contributed by atoms with Gasteiger partial charge in [0, 0.05) is 52.4 Å². The molecule has 0 spiro atoms. The van der Waals surface area contributed by atoms with Crippen LogP contribution >= 0.6 is 24.0 Å². The summed E-state index contributed by atoms with van der Waals surface area (Å²) in [6.07, 6.45) is 2.24. The maximum atomic E-state index is 12.1. The number of hydrogen-bond donors (Lipinski definition) is 3. The average Bonchev–Trinajstić information content (AvgIpc) is 3.40. The second-order valence-electron chi connectivity index (χ2n) is 7.75. The van der Waals surface area contributed by atoms with Crippen LogP contribution in [0.2, 0.25) is 0 Å². The van der Waals surface area contributed by atoms with Gasteiger partial charge in [-0.1, -0.05) is 0 Å². The van der Waals surface area contributed by atoms with E-state index in [2.05, 4.69) is 30.7 Å². The van der Waals surface area contributed by atoms with Crippen LogP contribution in [0.25, 0.3) is 0 Å². The minimum Gasteiger partial charge on any atom is -0.356 e. The normalized spacial score (nSPS) is 18.5. The van der Waals surface area contributed by atoms with Crippen molar-refractivity contribution in [2.75, 3.05) is 52.9 Å². The Balaban J connectivity index is 0.00000364. The van der Waals surface area contributed by atoms with Crippen molar-refractivity contribution in [3.05, 3.63) is 0 Å². The van der Waals surface area contributed by atoms with E-state index in [1.165, 1.54) is 0 Å². The molecule has 8 nitrogen and oxygen atoms in total. The molecular weight excluding hydrogens is 459 g/mol. The van der Waals surface area contributed by atoms with Crippen LogP contribution in [0.5, 0.6) is 0 Å². The lowest BCUT2D eigenvalue weighted by molar-refractivity contribution is -0.128. The van der Waals surface area contributed by atoms with Crippen molar-refractivity contribution in [2.45, 2.75) is 39.7 Å². The predicted octanol–water partition coefficient (Wildman–Crippen LogP) is 0.238. The molecule has 0 aromatic rings. The molecule has 2 rings (SSSR count). The van der Waals surface area contributed by atoms with E-state index >= 15 is 0 Å². The van der Waals surface area contributed by atoms with E-state index in [-0.39, 0.29) is 35.8 Å². The molecule has 3 N–H and O–H groups in total. The number of halogens is 1. The standard InChI is InChI=1S/C18H34N6O2.HI/c1-5-20-16(26)18(2,3)13-21-17(19-4)24-10-8-23(9-11-24)12-15(25)22-14-6-7-14;/h14H,5-13H2,1-4H3,(H,19,21)(H,20,26)(H,22,25);1H. The summed E-state index contributed by atoms with van der Waals surface area (Å²) in [4.78, 5) is 32.8. The molecule has 1 saturated heterocycles. The van der Waals surface area contributed by atoms with Crippen LogP contribution in [-0.4, -0.2) is 86.5 Å². The van der Waals surface area contributed by atoms with Gasteiger partial charge < -0.3 is 20.9 Å². The Bertz CT molecular complexity index is 528. The quantitative estimate of drug-likeness (QED) is 0.268. The first-order chi connectivity index (χ1) is 12.4. The summed E-state index contributed by atoms with van der Waals surface area (Å²) < 4.78 is 0. The van der Waals surface area contributed by atoms with E-state index in [1.54, 1.807) is 7.05 Å². The molecule has 156 valence electrons. The van der Waals surface area contributed by atoms with Gasteiger partial charge in [0.2, 0.25) is 11.8 Å². The molecule has 2 amide bonds. The summed E-state index contributed by atoms with van der Waals surface area (Å²) in [5, 5.41) is 9.23. The van der Waals surface area contributed by atoms with Crippen LogP contribution < -0.4 is 16.0 Å². The van der Waals surface area contributed by atoms with Crippen LogP contribution in [0.3, 0.4) is 0 Å². The zero-order valence-electron chi connectivity index (χ0n) is 17.0. The largest absolute Gasteiger partial charge is 0.356 e. The van der Waals surface area contributed by atoms with Gasteiger partial charge in [0.15, 0.2) is 5.96 Å². The maximum Gasteiger partial charge on any atom is 0.234 e. The van der Waals surface area contributed by atoms with Gasteiger partial charge in [-0.3, -0.25) is 19.5 Å². The molecule has 1 saturated carbocycles. The van der Waals surface area contributed by atoms with Crippen molar-refractivity contribution in [3.8, 4) is 0 Å². The fourth-order valence-electron chi connectivity index (χ4n) is 2.93. The summed E-state index contributed by atoms with van der Waals surface area (Å²) in [6.45, 7) is 10.7. The monoisotopic (exact) mass is 494 g/mol. The van der Waals surface area contributed by atoms with Gasteiger partial charge in [0.05, 0.1) is 12.0 Å². The smallest absolute Gasteiger partial charge is 0.234 e. The third kappa shape index (κ3) is 7.81. The molecule has 1 aliphatic heterocycles. The minimum atomic E-state index is -0.505. The van der Waals surface area contributed by atoms with Gasteiger partial charge in [-0.25, -0.2) is 0 Å². The lowest BCUT2D eigenvalue weighted by Gasteiger charge is -2.37. The molecule has 2 fully saturated rings. The number of nitrogens with one attached hydrogen (secondary N) is 3. The van der Waals surface area contributed by atoms with Crippen molar-refractivity contribution in [1.82, 2.24) is 25.8 Å². The summed E-state index contributed by atoms with van der Waals surface area (Å²) in [7, 11) is 1.76. The number of carbonyl (C=O) groups excluding carboxylic acids is 2. The van der Waals surface area contributed by atoms with Crippen molar-refractivity contribution in [2.24, 2.45) is 10.4 Å². The van der Waals surface area contributed by atoms with Crippen LogP contribution in [0, 0.1) is 5.41 Å². The first-order valence-corrected chi connectivity index (χ1v) is 9.61. The Morgan fingerprint density at radius 1 is 1.11 bits per heavy atom. The summed E-state index contributed by atoms with van der Waals surface area (Å²) in [6, 6.07) is 0.417. The second kappa shape index (κ2) is 11.0. The highest BCUT2D eigenvalue weighted by molar-refractivity contribution is 14.0. The van der Waals surface area contributed by atoms with Crippen molar-refractivity contribution in [1.29, 1.82) is 0 Å². The van der Waals surface area contributed by atoms with Crippen molar-refractivity contribution >= 4 is 41.8 Å². The van der Waals surface area contributed by atoms with E-state index < -0.39 is 5.41 Å². The first-order valence-electron chi connectivity index (χ1n) is 9.61. The van der Waals surface area contributed by atoms with Crippen molar-refractivity contribution < 1.29 is 9.59 Å². The number of nitrogens with zero attached hydrogens (tertiary/aromatic N) is 3. The lowest BCUT2D eigenvalue weighted by atomic mass is 9.92. The molecule has 2 aliphatic rings. The summed E-state index contributed by atoms with van der Waals surface area (Å²) in [5.41, 5.74) is -0.505. The van der Waals surface area contributed by atoms with Crippen LogP contribution in [0.1, 0.15) is 33.6 Å². The molecule has 0 unspecified atom stereocenters. The Kier molecular flexibility index (Phi) is 9.78. The van der Waals surface area contributed by atoms with Crippen LogP contribution in [0.15, 0.2) is 4.99 Å². The maximum absolute atomic E-state index is 12.1. The van der Waals surface area contributed by atoms with Gasteiger partial charge in [-0.05, 0) is 33.6 Å². The summed E-state index contributed by atoms with van der Waals surface area (Å²) in [5.74, 6) is 0.978. The number of hydrogen-bond acceptors (Lipinski definition) is 4. The highest BCUT2D eigenvalue weighted by Crippen LogP contribution is 2.18. The van der Waals surface area contributed by atoms with E-state index in [4.69, 9.17) is 0 Å². The zero-order valence-corrected chi connectivity index (χ0v) is 19.3. The van der Waals surface area contributed by atoms with Gasteiger partial charge in [0.1, 0.15) is 0 Å². The van der Waals surface area contributed by atoms with Gasteiger partial charge in [-0.15, -0.1) is 24.0 Å². The number of amides is 2. The third-order valence-electron chi connectivity index (χ3n) is 4.83. The lowest BCUT2D eigenvalue weighted by Crippen LogP contribution is -2.55.